The van der Waals surface area contributed by atoms with Crippen LogP contribution in [0.4, 0.5) is 0 Å². The Balaban J connectivity index is 1.36. The first-order valence-corrected chi connectivity index (χ1v) is 9.40. The van der Waals surface area contributed by atoms with E-state index in [4.69, 9.17) is 0 Å². The third kappa shape index (κ3) is 3.71. The van der Waals surface area contributed by atoms with Crippen LogP contribution in [0.2, 0.25) is 0 Å². The lowest BCUT2D eigenvalue weighted by Crippen LogP contribution is -2.51. The summed E-state index contributed by atoms with van der Waals surface area (Å²) >= 11 is 0. The molecular formula is C20H25N5O2. The van der Waals surface area contributed by atoms with Crippen LogP contribution in [0.1, 0.15) is 42.1 Å². The third-order valence-electron chi connectivity index (χ3n) is 5.60. The Kier molecular flexibility index (Phi) is 4.90. The number of aryl methyl sites for hydroxylation is 1. The second kappa shape index (κ2) is 7.34. The van der Waals surface area contributed by atoms with Gasteiger partial charge >= 0.3 is 0 Å². The first-order chi connectivity index (χ1) is 13.0. The van der Waals surface area contributed by atoms with E-state index >= 15 is 0 Å². The van der Waals surface area contributed by atoms with Crippen LogP contribution in [0.25, 0.3) is 0 Å². The molecule has 2 unspecified atom stereocenters. The summed E-state index contributed by atoms with van der Waals surface area (Å²) in [5, 5.41) is 11.0. The normalized spacial score (nSPS) is 24.7. The lowest BCUT2D eigenvalue weighted by molar-refractivity contribution is -0.137. The Labute approximate surface area is 158 Å². The Hall–Kier alpha value is -2.35. The summed E-state index contributed by atoms with van der Waals surface area (Å²) in [6.07, 6.45) is 7.00. The van der Waals surface area contributed by atoms with E-state index < -0.39 is 5.60 Å². The van der Waals surface area contributed by atoms with Crippen molar-refractivity contribution in [3.05, 3.63) is 59.7 Å². The molecule has 2 aromatic rings. The molecule has 0 aliphatic carbocycles. The van der Waals surface area contributed by atoms with Crippen molar-refractivity contribution in [2.45, 2.75) is 43.9 Å². The summed E-state index contributed by atoms with van der Waals surface area (Å²) in [7, 11) is 0. The largest absolute Gasteiger partial charge is 0.383 e. The minimum absolute atomic E-state index is 0.0815. The minimum atomic E-state index is -0.953. The highest BCUT2D eigenvalue weighted by atomic mass is 16.3. The Morgan fingerprint density at radius 2 is 1.93 bits per heavy atom. The van der Waals surface area contributed by atoms with Crippen LogP contribution in [-0.4, -0.2) is 45.0 Å². The molecule has 2 saturated heterocycles. The number of pyridine rings is 2. The van der Waals surface area contributed by atoms with Gasteiger partial charge in [-0.3, -0.25) is 14.8 Å². The van der Waals surface area contributed by atoms with Crippen LogP contribution >= 0.6 is 0 Å². The fraction of sp³-hybridized carbons (Fsp3) is 0.450. The van der Waals surface area contributed by atoms with E-state index in [9.17, 15) is 9.90 Å². The van der Waals surface area contributed by atoms with Crippen molar-refractivity contribution in [2.75, 3.05) is 13.1 Å². The fourth-order valence-corrected chi connectivity index (χ4v) is 3.85. The molecule has 2 atom stereocenters. The molecule has 0 spiro atoms. The van der Waals surface area contributed by atoms with Gasteiger partial charge in [-0.1, -0.05) is 6.07 Å². The van der Waals surface area contributed by atoms with E-state index in [0.29, 0.717) is 38.0 Å². The molecule has 2 fully saturated rings. The van der Waals surface area contributed by atoms with E-state index in [-0.39, 0.29) is 18.0 Å². The summed E-state index contributed by atoms with van der Waals surface area (Å²) in [5.41, 5.74) is 8.26. The number of nitrogens with zero attached hydrogens (tertiary/aromatic N) is 3. The Morgan fingerprint density at radius 3 is 2.59 bits per heavy atom. The first-order valence-electron chi connectivity index (χ1n) is 9.40. The zero-order valence-electron chi connectivity index (χ0n) is 15.4. The zero-order valence-corrected chi connectivity index (χ0v) is 15.4. The van der Waals surface area contributed by atoms with Crippen LogP contribution < -0.4 is 10.9 Å². The predicted molar refractivity (Wildman–Crippen MR) is 100 cm³/mol. The average Bonchev–Trinajstić information content (AvgIpc) is 3.19. The highest BCUT2D eigenvalue weighted by molar-refractivity contribution is 5.82. The van der Waals surface area contributed by atoms with Crippen molar-refractivity contribution in [2.24, 2.45) is 0 Å². The van der Waals surface area contributed by atoms with Gasteiger partial charge in [0.2, 0.25) is 5.91 Å². The summed E-state index contributed by atoms with van der Waals surface area (Å²) in [4.78, 5) is 23.1. The molecule has 7 heteroatoms. The van der Waals surface area contributed by atoms with Crippen molar-refractivity contribution in [1.29, 1.82) is 0 Å². The number of hydrazine groups is 1. The minimum Gasteiger partial charge on any atom is -0.383 e. The number of carbonyl (C=O) groups is 1. The van der Waals surface area contributed by atoms with Crippen molar-refractivity contribution in [3.8, 4) is 0 Å². The predicted octanol–water partition coefficient (Wildman–Crippen LogP) is 1.20. The molecule has 0 saturated carbocycles. The van der Waals surface area contributed by atoms with E-state index in [2.05, 4.69) is 20.8 Å². The van der Waals surface area contributed by atoms with Gasteiger partial charge in [-0.2, -0.15) is 0 Å². The topological polar surface area (TPSA) is 90.4 Å². The third-order valence-corrected chi connectivity index (χ3v) is 5.60. The molecule has 7 nitrogen and oxygen atoms in total. The van der Waals surface area contributed by atoms with Crippen LogP contribution in [-0.2, 0) is 10.4 Å². The summed E-state index contributed by atoms with van der Waals surface area (Å²) in [5.74, 6) is 0.0815. The molecule has 0 radical (unpaired) electrons. The molecule has 0 aromatic carbocycles. The van der Waals surface area contributed by atoms with Gasteiger partial charge in [-0.25, -0.2) is 10.9 Å². The van der Waals surface area contributed by atoms with E-state index in [0.717, 1.165) is 11.1 Å². The summed E-state index contributed by atoms with van der Waals surface area (Å²) < 4.78 is 0. The number of rotatable bonds is 3. The second-order valence-corrected chi connectivity index (χ2v) is 7.49. The van der Waals surface area contributed by atoms with Crippen molar-refractivity contribution >= 4 is 5.91 Å². The molecule has 2 aromatic heterocycles. The van der Waals surface area contributed by atoms with Crippen LogP contribution in [0, 0.1) is 6.92 Å². The van der Waals surface area contributed by atoms with Gasteiger partial charge in [0.05, 0.1) is 5.69 Å². The van der Waals surface area contributed by atoms with Crippen molar-refractivity contribution < 1.29 is 9.90 Å². The van der Waals surface area contributed by atoms with Crippen molar-refractivity contribution in [1.82, 2.24) is 25.7 Å². The van der Waals surface area contributed by atoms with E-state index in [1.807, 2.05) is 36.1 Å². The molecule has 1 amide bonds. The quantitative estimate of drug-likeness (QED) is 0.755. The SMILES string of the molecule is Cc1ccc(C2(O)CCN(C(=O)C3CC(c4ccncc4)NN3)CC2)nc1. The van der Waals surface area contributed by atoms with Gasteiger partial charge < -0.3 is 10.0 Å². The fourth-order valence-electron chi connectivity index (χ4n) is 3.85. The molecule has 0 bridgehead atoms. The molecule has 2 aliphatic rings. The molecule has 4 rings (SSSR count). The van der Waals surface area contributed by atoms with Crippen LogP contribution in [0.15, 0.2) is 42.9 Å². The highest BCUT2D eigenvalue weighted by Gasteiger charge is 2.39. The number of hydrogen-bond donors (Lipinski definition) is 3. The Morgan fingerprint density at radius 1 is 1.19 bits per heavy atom. The lowest BCUT2D eigenvalue weighted by atomic mass is 9.87. The van der Waals surface area contributed by atoms with Gasteiger partial charge in [0.25, 0.3) is 0 Å². The number of piperidine rings is 1. The van der Waals surface area contributed by atoms with Crippen molar-refractivity contribution in [3.63, 3.8) is 0 Å². The molecule has 27 heavy (non-hydrogen) atoms. The zero-order chi connectivity index (χ0) is 18.9. The highest BCUT2D eigenvalue weighted by Crippen LogP contribution is 2.32. The van der Waals surface area contributed by atoms with Crippen LogP contribution in [0.5, 0.6) is 0 Å². The Bertz CT molecular complexity index is 788. The number of amides is 1. The maximum atomic E-state index is 12.9. The second-order valence-electron chi connectivity index (χ2n) is 7.49. The van der Waals surface area contributed by atoms with Gasteiger partial charge in [0.15, 0.2) is 0 Å². The molecule has 142 valence electrons. The number of nitrogens with one attached hydrogen (secondary N) is 2. The molecule has 2 aliphatic heterocycles. The molecule has 3 N–H and O–H groups in total. The van der Waals surface area contributed by atoms with Crippen LogP contribution in [0.3, 0.4) is 0 Å². The monoisotopic (exact) mass is 367 g/mol. The molecular weight excluding hydrogens is 342 g/mol. The standard InChI is InChI=1S/C20H25N5O2/c1-14-2-3-18(22-13-14)20(27)6-10-25(11-7-20)19(26)17-12-16(23-24-17)15-4-8-21-9-5-15/h2-5,8-9,13,16-17,23-24,27H,6-7,10-12H2,1H3. The first kappa shape index (κ1) is 18.0. The van der Waals surface area contributed by atoms with E-state index in [1.54, 1.807) is 18.6 Å². The molecule has 4 heterocycles. The number of carbonyl (C=O) groups excluding carboxylic acids is 1. The smallest absolute Gasteiger partial charge is 0.241 e. The summed E-state index contributed by atoms with van der Waals surface area (Å²) in [6.45, 7) is 3.04. The van der Waals surface area contributed by atoms with E-state index in [1.165, 1.54) is 0 Å². The number of aromatic nitrogens is 2. The number of aliphatic hydroxyl groups is 1. The maximum Gasteiger partial charge on any atom is 0.241 e. The maximum absolute atomic E-state index is 12.9. The average molecular weight is 367 g/mol. The van der Waals surface area contributed by atoms with Gasteiger partial charge in [-0.05, 0) is 55.5 Å². The lowest BCUT2D eigenvalue weighted by Gasteiger charge is -2.38. The van der Waals surface area contributed by atoms with Gasteiger partial charge in [0.1, 0.15) is 11.6 Å². The number of likely N-dealkylation sites (tertiary alicyclic amines) is 1. The van der Waals surface area contributed by atoms with Gasteiger partial charge in [-0.15, -0.1) is 0 Å². The number of hydrogen-bond acceptors (Lipinski definition) is 6. The summed E-state index contributed by atoms with van der Waals surface area (Å²) in [6, 6.07) is 7.61. The van der Waals surface area contributed by atoms with Gasteiger partial charge in [0, 0.05) is 37.7 Å².